The van der Waals surface area contributed by atoms with Crippen LogP contribution in [0.5, 0.6) is 0 Å². The molecule has 82 valence electrons. The maximum atomic E-state index is 5.48. The van der Waals surface area contributed by atoms with E-state index in [1.54, 1.807) is 0 Å². The van der Waals surface area contributed by atoms with Crippen LogP contribution in [0.3, 0.4) is 0 Å². The summed E-state index contributed by atoms with van der Waals surface area (Å²) in [5, 5.41) is 7.09. The zero-order valence-corrected chi connectivity index (χ0v) is 9.82. The van der Waals surface area contributed by atoms with Gasteiger partial charge in [-0.3, -0.25) is 0 Å². The Kier molecular flexibility index (Phi) is 5.19. The average molecular weight is 216 g/mol. The highest BCUT2D eigenvalue weighted by molar-refractivity contribution is 7.80. The monoisotopic (exact) mass is 216 g/mol. The Morgan fingerprint density at radius 2 is 2.29 bits per heavy atom. The minimum absolute atomic E-state index is 0.355. The third-order valence-corrected chi connectivity index (χ3v) is 2.47. The van der Waals surface area contributed by atoms with Gasteiger partial charge in [-0.15, -0.1) is 0 Å². The lowest BCUT2D eigenvalue weighted by molar-refractivity contribution is 0.114. The lowest BCUT2D eigenvalue weighted by atomic mass is 10.2. The van der Waals surface area contributed by atoms with E-state index in [1.807, 2.05) is 0 Å². The summed E-state index contributed by atoms with van der Waals surface area (Å²) >= 11 is 5.13. The molecule has 4 heteroatoms. The molecule has 1 aliphatic heterocycles. The van der Waals surface area contributed by atoms with Crippen molar-refractivity contribution < 1.29 is 4.74 Å². The van der Waals surface area contributed by atoms with Gasteiger partial charge >= 0.3 is 0 Å². The number of hydrogen-bond acceptors (Lipinski definition) is 2. The summed E-state index contributed by atoms with van der Waals surface area (Å²) in [6.45, 7) is 6.99. The van der Waals surface area contributed by atoms with Crippen LogP contribution in [-0.2, 0) is 4.74 Å². The highest BCUT2D eigenvalue weighted by atomic mass is 32.1. The summed E-state index contributed by atoms with van der Waals surface area (Å²) in [4.78, 5) is 0. The van der Waals surface area contributed by atoms with Crippen molar-refractivity contribution in [2.75, 3.05) is 19.7 Å². The van der Waals surface area contributed by atoms with Crippen LogP contribution in [-0.4, -0.2) is 30.9 Å². The number of nitrogens with one attached hydrogen (secondary N) is 2. The maximum absolute atomic E-state index is 5.48. The van der Waals surface area contributed by atoms with Crippen LogP contribution < -0.4 is 10.6 Å². The van der Waals surface area contributed by atoms with Crippen molar-refractivity contribution in [1.82, 2.24) is 10.6 Å². The van der Waals surface area contributed by atoms with Gasteiger partial charge in [0.25, 0.3) is 0 Å². The van der Waals surface area contributed by atoms with Crippen molar-refractivity contribution in [1.29, 1.82) is 0 Å². The molecular weight excluding hydrogens is 196 g/mol. The summed E-state index contributed by atoms with van der Waals surface area (Å²) in [5.74, 6) is 0.623. The number of ether oxygens (including phenoxy) is 1. The van der Waals surface area contributed by atoms with Crippen LogP contribution in [0.25, 0.3) is 0 Å². The highest BCUT2D eigenvalue weighted by Crippen LogP contribution is 2.10. The van der Waals surface area contributed by atoms with Gasteiger partial charge in [0.2, 0.25) is 0 Å². The van der Waals surface area contributed by atoms with Crippen LogP contribution >= 0.6 is 12.2 Å². The fourth-order valence-electron chi connectivity index (χ4n) is 1.37. The van der Waals surface area contributed by atoms with Gasteiger partial charge in [0, 0.05) is 19.7 Å². The Labute approximate surface area is 91.6 Å². The first-order valence-corrected chi connectivity index (χ1v) is 5.72. The summed E-state index contributed by atoms with van der Waals surface area (Å²) in [7, 11) is 0. The minimum atomic E-state index is 0.355. The second-order valence-electron chi connectivity index (χ2n) is 4.12. The van der Waals surface area contributed by atoms with E-state index < -0.39 is 0 Å². The molecule has 0 aromatic rings. The fourth-order valence-corrected chi connectivity index (χ4v) is 1.54. The number of thiocarbonyl (C=S) groups is 1. The van der Waals surface area contributed by atoms with Crippen LogP contribution in [0.1, 0.15) is 26.7 Å². The van der Waals surface area contributed by atoms with Crippen molar-refractivity contribution in [3.8, 4) is 0 Å². The van der Waals surface area contributed by atoms with Gasteiger partial charge in [0.05, 0.1) is 6.10 Å². The van der Waals surface area contributed by atoms with Gasteiger partial charge in [-0.05, 0) is 31.0 Å². The first kappa shape index (κ1) is 11.7. The third kappa shape index (κ3) is 4.77. The van der Waals surface area contributed by atoms with Crippen molar-refractivity contribution in [2.24, 2.45) is 5.92 Å². The predicted octanol–water partition coefficient (Wildman–Crippen LogP) is 1.29. The molecule has 1 heterocycles. The topological polar surface area (TPSA) is 33.3 Å². The molecule has 2 N–H and O–H groups in total. The van der Waals surface area contributed by atoms with Crippen LogP contribution in [0.15, 0.2) is 0 Å². The quantitative estimate of drug-likeness (QED) is 0.694. The van der Waals surface area contributed by atoms with Gasteiger partial charge in [-0.1, -0.05) is 13.8 Å². The average Bonchev–Trinajstić information content (AvgIpc) is 2.63. The van der Waals surface area contributed by atoms with E-state index in [9.17, 15) is 0 Å². The van der Waals surface area contributed by atoms with Crippen molar-refractivity contribution in [3.63, 3.8) is 0 Å². The normalized spacial score (nSPS) is 21.2. The third-order valence-electron chi connectivity index (χ3n) is 2.19. The number of rotatable bonds is 4. The van der Waals surface area contributed by atoms with Crippen LogP contribution in [0, 0.1) is 5.92 Å². The molecule has 0 aliphatic carbocycles. The van der Waals surface area contributed by atoms with Gasteiger partial charge in [0.1, 0.15) is 0 Å². The van der Waals surface area contributed by atoms with E-state index in [0.29, 0.717) is 12.0 Å². The van der Waals surface area contributed by atoms with Crippen LogP contribution in [0.2, 0.25) is 0 Å². The summed E-state index contributed by atoms with van der Waals surface area (Å²) < 4.78 is 5.48. The van der Waals surface area contributed by atoms with E-state index in [4.69, 9.17) is 17.0 Å². The van der Waals surface area contributed by atoms with E-state index in [2.05, 4.69) is 24.5 Å². The summed E-state index contributed by atoms with van der Waals surface area (Å²) in [5.41, 5.74) is 0. The molecule has 0 aromatic heterocycles. The highest BCUT2D eigenvalue weighted by Gasteiger charge is 2.14. The molecule has 0 spiro atoms. The molecule has 1 rings (SSSR count). The SMILES string of the molecule is CC(C)CNC(=S)NCC1CCCO1. The molecule has 0 aromatic carbocycles. The van der Waals surface area contributed by atoms with E-state index >= 15 is 0 Å². The second kappa shape index (κ2) is 6.19. The molecule has 1 unspecified atom stereocenters. The Morgan fingerprint density at radius 3 is 2.86 bits per heavy atom. The molecule has 3 nitrogen and oxygen atoms in total. The van der Waals surface area contributed by atoms with Crippen molar-refractivity contribution >= 4 is 17.3 Å². The molecule has 0 bridgehead atoms. The first-order valence-electron chi connectivity index (χ1n) is 5.32. The van der Waals surface area contributed by atoms with Gasteiger partial charge in [-0.2, -0.15) is 0 Å². The molecule has 1 saturated heterocycles. The lowest BCUT2D eigenvalue weighted by Gasteiger charge is -2.14. The molecule has 0 saturated carbocycles. The zero-order chi connectivity index (χ0) is 10.4. The molecule has 0 amide bonds. The molecule has 14 heavy (non-hydrogen) atoms. The van der Waals surface area contributed by atoms with Gasteiger partial charge in [0.15, 0.2) is 5.11 Å². The molecule has 1 atom stereocenters. The van der Waals surface area contributed by atoms with E-state index in [-0.39, 0.29) is 0 Å². The predicted molar refractivity (Wildman–Crippen MR) is 62.4 cm³/mol. The molecule has 0 radical (unpaired) electrons. The smallest absolute Gasteiger partial charge is 0.166 e. The first-order chi connectivity index (χ1) is 6.68. The summed E-state index contributed by atoms with van der Waals surface area (Å²) in [6.07, 6.45) is 2.69. The summed E-state index contributed by atoms with van der Waals surface area (Å²) in [6, 6.07) is 0. The van der Waals surface area contributed by atoms with E-state index in [1.165, 1.54) is 6.42 Å². The number of hydrogen-bond donors (Lipinski definition) is 2. The Hall–Kier alpha value is -0.350. The molecular formula is C10H20N2OS. The van der Waals surface area contributed by atoms with E-state index in [0.717, 1.165) is 31.2 Å². The second-order valence-corrected chi connectivity index (χ2v) is 4.53. The Balaban J connectivity index is 2.02. The van der Waals surface area contributed by atoms with Crippen LogP contribution in [0.4, 0.5) is 0 Å². The van der Waals surface area contributed by atoms with Crippen molar-refractivity contribution in [2.45, 2.75) is 32.8 Å². The Morgan fingerprint density at radius 1 is 1.50 bits per heavy atom. The fraction of sp³-hybridized carbons (Fsp3) is 0.900. The van der Waals surface area contributed by atoms with Gasteiger partial charge in [-0.25, -0.2) is 0 Å². The molecule has 1 aliphatic rings. The largest absolute Gasteiger partial charge is 0.376 e. The minimum Gasteiger partial charge on any atom is -0.376 e. The zero-order valence-electron chi connectivity index (χ0n) is 9.01. The standard InChI is InChI=1S/C10H20N2OS/c1-8(2)6-11-10(14)12-7-9-4-3-5-13-9/h8-9H,3-7H2,1-2H3,(H2,11,12,14). The Bertz CT molecular complexity index is 179. The van der Waals surface area contributed by atoms with Crippen molar-refractivity contribution in [3.05, 3.63) is 0 Å². The van der Waals surface area contributed by atoms with Gasteiger partial charge < -0.3 is 15.4 Å². The maximum Gasteiger partial charge on any atom is 0.166 e. The molecule has 1 fully saturated rings. The lowest BCUT2D eigenvalue weighted by Crippen LogP contribution is -2.40.